The maximum Gasteiger partial charge on any atom is 0.254 e. The molecule has 0 N–H and O–H groups in total. The molecule has 3 aliphatic heterocycles. The number of carbonyl (C=O) groups excluding carboxylic acids is 2. The second-order valence-electron chi connectivity index (χ2n) is 10.9. The molecule has 3 aromatic carbocycles. The van der Waals surface area contributed by atoms with E-state index in [-0.39, 0.29) is 11.8 Å². The SMILES string of the molecule is O=C(c1cc(-c2ccccc2)cc2ccccc12)N1CCC(N2CCC[C@@H](C(=O)N3CCOCC3)C2)CC1. The molecule has 6 nitrogen and oxygen atoms in total. The first kappa shape index (κ1) is 25.1. The predicted molar refractivity (Wildman–Crippen MR) is 150 cm³/mol. The molecule has 198 valence electrons. The van der Waals surface area contributed by atoms with Crippen LogP contribution in [0, 0.1) is 5.92 Å². The molecule has 0 saturated carbocycles. The lowest BCUT2D eigenvalue weighted by atomic mass is 9.92. The van der Waals surface area contributed by atoms with Gasteiger partial charge in [-0.2, -0.15) is 0 Å². The van der Waals surface area contributed by atoms with Crippen molar-refractivity contribution in [1.29, 1.82) is 0 Å². The van der Waals surface area contributed by atoms with E-state index in [1.807, 2.05) is 40.1 Å². The summed E-state index contributed by atoms with van der Waals surface area (Å²) in [7, 11) is 0. The third-order valence-electron chi connectivity index (χ3n) is 8.59. The van der Waals surface area contributed by atoms with Crippen LogP contribution in [0.25, 0.3) is 21.9 Å². The zero-order valence-electron chi connectivity index (χ0n) is 22.1. The molecule has 0 spiro atoms. The highest BCUT2D eigenvalue weighted by atomic mass is 16.5. The Bertz CT molecular complexity index is 1280. The minimum Gasteiger partial charge on any atom is -0.378 e. The average molecular weight is 512 g/mol. The summed E-state index contributed by atoms with van der Waals surface area (Å²) in [5.41, 5.74) is 2.98. The largest absolute Gasteiger partial charge is 0.378 e. The number of ether oxygens (including phenoxy) is 1. The fourth-order valence-corrected chi connectivity index (χ4v) is 6.47. The molecule has 2 amide bonds. The van der Waals surface area contributed by atoms with Gasteiger partial charge in [-0.3, -0.25) is 14.5 Å². The lowest BCUT2D eigenvalue weighted by molar-refractivity contribution is -0.141. The van der Waals surface area contributed by atoms with Crippen molar-refractivity contribution >= 4 is 22.6 Å². The summed E-state index contributed by atoms with van der Waals surface area (Å²) < 4.78 is 5.43. The molecule has 3 aromatic rings. The van der Waals surface area contributed by atoms with Crippen molar-refractivity contribution < 1.29 is 14.3 Å². The van der Waals surface area contributed by atoms with E-state index >= 15 is 0 Å². The third-order valence-corrected chi connectivity index (χ3v) is 8.59. The average Bonchev–Trinajstić information content (AvgIpc) is 3.01. The van der Waals surface area contributed by atoms with Gasteiger partial charge in [-0.1, -0.05) is 54.6 Å². The van der Waals surface area contributed by atoms with Crippen LogP contribution in [-0.2, 0) is 9.53 Å². The molecular formula is C32H37N3O3. The number of morpholine rings is 1. The molecule has 38 heavy (non-hydrogen) atoms. The monoisotopic (exact) mass is 511 g/mol. The molecular weight excluding hydrogens is 474 g/mol. The van der Waals surface area contributed by atoms with E-state index in [1.165, 1.54) is 0 Å². The summed E-state index contributed by atoms with van der Waals surface area (Å²) in [6.45, 7) is 6.15. The van der Waals surface area contributed by atoms with Crippen molar-refractivity contribution in [2.24, 2.45) is 5.92 Å². The Hall–Kier alpha value is -3.22. The van der Waals surface area contributed by atoms with Gasteiger partial charge in [0.05, 0.1) is 19.1 Å². The van der Waals surface area contributed by atoms with E-state index < -0.39 is 0 Å². The molecule has 0 aliphatic carbocycles. The number of likely N-dealkylation sites (tertiary alicyclic amines) is 2. The van der Waals surface area contributed by atoms with Crippen molar-refractivity contribution in [2.75, 3.05) is 52.5 Å². The summed E-state index contributed by atoms with van der Waals surface area (Å²) in [5, 5.41) is 2.11. The molecule has 3 heterocycles. The van der Waals surface area contributed by atoms with Crippen molar-refractivity contribution in [3.05, 3.63) is 72.3 Å². The highest BCUT2D eigenvalue weighted by Gasteiger charge is 2.34. The van der Waals surface area contributed by atoms with Crippen LogP contribution in [0.1, 0.15) is 36.0 Å². The van der Waals surface area contributed by atoms with Crippen LogP contribution in [0.4, 0.5) is 0 Å². The second-order valence-corrected chi connectivity index (χ2v) is 10.9. The minimum absolute atomic E-state index is 0.0913. The van der Waals surface area contributed by atoms with Gasteiger partial charge in [0.1, 0.15) is 0 Å². The van der Waals surface area contributed by atoms with Gasteiger partial charge in [0, 0.05) is 44.3 Å². The number of fused-ring (bicyclic) bond motifs is 1. The van der Waals surface area contributed by atoms with Gasteiger partial charge in [0.25, 0.3) is 5.91 Å². The van der Waals surface area contributed by atoms with Gasteiger partial charge in [-0.05, 0) is 66.3 Å². The first-order chi connectivity index (χ1) is 18.7. The Balaban J connectivity index is 1.13. The first-order valence-corrected chi connectivity index (χ1v) is 14.2. The number of hydrogen-bond donors (Lipinski definition) is 0. The van der Waals surface area contributed by atoms with Gasteiger partial charge in [0.2, 0.25) is 5.91 Å². The fourth-order valence-electron chi connectivity index (χ4n) is 6.47. The molecule has 3 saturated heterocycles. The smallest absolute Gasteiger partial charge is 0.254 e. The van der Waals surface area contributed by atoms with E-state index in [9.17, 15) is 9.59 Å². The van der Waals surface area contributed by atoms with Gasteiger partial charge < -0.3 is 14.5 Å². The fraction of sp³-hybridized carbons (Fsp3) is 0.438. The van der Waals surface area contributed by atoms with Gasteiger partial charge >= 0.3 is 0 Å². The second kappa shape index (κ2) is 11.3. The molecule has 3 aliphatic rings. The van der Waals surface area contributed by atoms with E-state index in [4.69, 9.17) is 4.74 Å². The Morgan fingerprint density at radius 2 is 1.47 bits per heavy atom. The van der Waals surface area contributed by atoms with E-state index in [0.717, 1.165) is 92.4 Å². The zero-order valence-corrected chi connectivity index (χ0v) is 22.1. The Morgan fingerprint density at radius 1 is 0.737 bits per heavy atom. The summed E-state index contributed by atoms with van der Waals surface area (Å²) >= 11 is 0. The summed E-state index contributed by atoms with van der Waals surface area (Å²) in [6, 6.07) is 23.2. The summed E-state index contributed by atoms with van der Waals surface area (Å²) in [4.78, 5) is 33.5. The van der Waals surface area contributed by atoms with Gasteiger partial charge in [-0.15, -0.1) is 0 Å². The quantitative estimate of drug-likeness (QED) is 0.510. The number of benzene rings is 3. The van der Waals surface area contributed by atoms with Gasteiger partial charge in [0.15, 0.2) is 0 Å². The molecule has 1 atom stereocenters. The van der Waals surface area contributed by atoms with Crippen molar-refractivity contribution in [3.63, 3.8) is 0 Å². The van der Waals surface area contributed by atoms with E-state index in [2.05, 4.69) is 41.3 Å². The Kier molecular flexibility index (Phi) is 7.43. The van der Waals surface area contributed by atoms with Crippen LogP contribution in [0.5, 0.6) is 0 Å². The highest BCUT2D eigenvalue weighted by Crippen LogP contribution is 2.30. The number of hydrogen-bond acceptors (Lipinski definition) is 4. The third kappa shape index (κ3) is 5.20. The standard InChI is InChI=1S/C32H37N3O3/c36-31(34-17-19-38-20-18-34)26-10-6-14-35(23-26)28-12-15-33(16-13-28)32(37)30-22-27(24-7-2-1-3-8-24)21-25-9-4-5-11-29(25)30/h1-5,7-9,11,21-22,26,28H,6,10,12-20,23H2/t26-/m1/s1. The maximum absolute atomic E-state index is 13.8. The molecule has 6 heteroatoms. The van der Waals surface area contributed by atoms with Crippen LogP contribution in [-0.4, -0.2) is 85.0 Å². The summed E-state index contributed by atoms with van der Waals surface area (Å²) in [5.74, 6) is 0.515. The first-order valence-electron chi connectivity index (χ1n) is 14.2. The minimum atomic E-state index is 0.0913. The summed E-state index contributed by atoms with van der Waals surface area (Å²) in [6.07, 6.45) is 3.97. The normalized spacial score (nSPS) is 21.5. The molecule has 0 aromatic heterocycles. The van der Waals surface area contributed by atoms with Crippen LogP contribution in [0.15, 0.2) is 66.7 Å². The van der Waals surface area contributed by atoms with Crippen LogP contribution in [0.3, 0.4) is 0 Å². The number of rotatable bonds is 4. The lowest BCUT2D eigenvalue weighted by Crippen LogP contribution is -2.53. The van der Waals surface area contributed by atoms with Gasteiger partial charge in [-0.25, -0.2) is 0 Å². The number of amides is 2. The Morgan fingerprint density at radius 3 is 2.26 bits per heavy atom. The molecule has 0 unspecified atom stereocenters. The molecule has 0 bridgehead atoms. The number of piperidine rings is 2. The van der Waals surface area contributed by atoms with Crippen molar-refractivity contribution in [3.8, 4) is 11.1 Å². The highest BCUT2D eigenvalue weighted by molar-refractivity contribution is 6.08. The zero-order chi connectivity index (χ0) is 25.9. The number of nitrogens with zero attached hydrogens (tertiary/aromatic N) is 3. The molecule has 6 rings (SSSR count). The topological polar surface area (TPSA) is 53.1 Å². The van der Waals surface area contributed by atoms with Crippen LogP contribution < -0.4 is 0 Å². The predicted octanol–water partition coefficient (Wildman–Crippen LogP) is 4.68. The van der Waals surface area contributed by atoms with E-state index in [1.54, 1.807) is 0 Å². The molecule has 0 radical (unpaired) electrons. The Labute approximate surface area is 225 Å². The van der Waals surface area contributed by atoms with Crippen LogP contribution >= 0.6 is 0 Å². The maximum atomic E-state index is 13.8. The van der Waals surface area contributed by atoms with Crippen molar-refractivity contribution in [2.45, 2.75) is 31.7 Å². The van der Waals surface area contributed by atoms with Crippen LogP contribution in [0.2, 0.25) is 0 Å². The molecule has 3 fully saturated rings. The lowest BCUT2D eigenvalue weighted by Gasteiger charge is -2.43. The number of carbonyl (C=O) groups is 2. The van der Waals surface area contributed by atoms with Crippen molar-refractivity contribution in [1.82, 2.24) is 14.7 Å². The van der Waals surface area contributed by atoms with E-state index in [0.29, 0.717) is 25.2 Å².